The molecule has 0 saturated carbocycles. The van der Waals surface area contributed by atoms with Gasteiger partial charge in [0.05, 0.1) is 26.3 Å². The minimum Gasteiger partial charge on any atom is -0.236 e. The smallest absolute Gasteiger partial charge is 0.124 e. The van der Waals surface area contributed by atoms with Crippen molar-refractivity contribution in [3.05, 3.63) is 86.7 Å². The van der Waals surface area contributed by atoms with E-state index in [1.54, 1.807) is 29.5 Å². The molecule has 28 heavy (non-hydrogen) atoms. The molecule has 0 unspecified atom stereocenters. The highest BCUT2D eigenvalue weighted by molar-refractivity contribution is 7.13. The van der Waals surface area contributed by atoms with Gasteiger partial charge >= 0.3 is 0 Å². The lowest BCUT2D eigenvalue weighted by Crippen LogP contribution is -1.83. The van der Waals surface area contributed by atoms with Crippen LogP contribution in [0.3, 0.4) is 0 Å². The second kappa shape index (κ2) is 7.95. The van der Waals surface area contributed by atoms with E-state index in [1.807, 2.05) is 47.8 Å². The molecule has 0 aliphatic carbocycles. The van der Waals surface area contributed by atoms with Gasteiger partial charge in [0.2, 0.25) is 0 Å². The lowest BCUT2D eigenvalue weighted by molar-refractivity contribution is 1.40. The third-order valence-corrected chi connectivity index (χ3v) is 6.22. The summed E-state index contributed by atoms with van der Waals surface area (Å²) in [7, 11) is 0. The van der Waals surface area contributed by atoms with Gasteiger partial charge in [0, 0.05) is 16.5 Å². The average molecular weight is 442 g/mol. The Kier molecular flexibility index (Phi) is 5.39. The first-order valence-electron chi connectivity index (χ1n) is 8.26. The van der Waals surface area contributed by atoms with E-state index in [9.17, 15) is 0 Å². The highest BCUT2D eigenvalue weighted by Gasteiger charge is 2.09. The molecule has 6 heteroatoms. The monoisotopic (exact) mass is 440 g/mol. The number of hydrogen-bond donors (Lipinski definition) is 0. The molecule has 136 valence electrons. The Balaban J connectivity index is 1.61. The molecule has 0 saturated heterocycles. The van der Waals surface area contributed by atoms with Crippen LogP contribution in [-0.2, 0) is 0 Å². The van der Waals surface area contributed by atoms with Crippen molar-refractivity contribution in [2.45, 2.75) is 0 Å². The fraction of sp³-hybridized carbons (Fsp3) is 0. The van der Waals surface area contributed by atoms with Gasteiger partial charge in [-0.15, -0.1) is 11.3 Å². The van der Waals surface area contributed by atoms with E-state index >= 15 is 0 Å². The quantitative estimate of drug-likeness (QED) is 0.323. The second-order valence-corrected chi connectivity index (χ2v) is 8.13. The molecule has 0 N–H and O–H groups in total. The summed E-state index contributed by atoms with van der Waals surface area (Å²) < 4.78 is 0. The van der Waals surface area contributed by atoms with E-state index in [1.165, 1.54) is 0 Å². The zero-order valence-electron chi connectivity index (χ0n) is 14.3. The molecule has 1 heterocycles. The van der Waals surface area contributed by atoms with Crippen LogP contribution in [0.5, 0.6) is 0 Å². The van der Waals surface area contributed by atoms with Crippen molar-refractivity contribution in [2.24, 2.45) is 0 Å². The summed E-state index contributed by atoms with van der Waals surface area (Å²) in [6.07, 6.45) is 0. The predicted molar refractivity (Wildman–Crippen MR) is 118 cm³/mol. The van der Waals surface area contributed by atoms with Crippen LogP contribution >= 0.6 is 46.1 Å². The van der Waals surface area contributed by atoms with Gasteiger partial charge in [-0.1, -0.05) is 71.2 Å². The Morgan fingerprint density at radius 1 is 0.714 bits per heavy atom. The highest BCUT2D eigenvalue weighted by Crippen LogP contribution is 2.33. The minimum atomic E-state index is 0.454. The number of aromatic nitrogens is 1. The number of benzene rings is 3. The van der Waals surface area contributed by atoms with Crippen LogP contribution in [0.1, 0.15) is 5.56 Å². The van der Waals surface area contributed by atoms with Crippen LogP contribution in [0.15, 0.2) is 66.0 Å². The molecule has 0 spiro atoms. The number of nitriles is 1. The fourth-order valence-corrected chi connectivity index (χ4v) is 4.14. The molecule has 0 fully saturated rings. The first-order valence-corrected chi connectivity index (χ1v) is 10.3. The molecule has 0 atom stereocenters. The third-order valence-electron chi connectivity index (χ3n) is 4.27. The van der Waals surface area contributed by atoms with Crippen molar-refractivity contribution in [1.29, 1.82) is 5.26 Å². The molecule has 1 aromatic heterocycles. The summed E-state index contributed by atoms with van der Waals surface area (Å²) in [6, 6.07) is 21.1. The maximum absolute atomic E-state index is 9.00. The van der Waals surface area contributed by atoms with Gasteiger partial charge in [0.25, 0.3) is 0 Å². The Hall–Kier alpha value is -2.35. The van der Waals surface area contributed by atoms with Crippen molar-refractivity contribution >= 4 is 46.1 Å². The number of nitrogens with zero attached hydrogens (tertiary/aromatic N) is 2. The van der Waals surface area contributed by atoms with Gasteiger partial charge in [-0.3, -0.25) is 0 Å². The van der Waals surface area contributed by atoms with Crippen LogP contribution in [0.25, 0.3) is 33.0 Å². The van der Waals surface area contributed by atoms with Crippen molar-refractivity contribution in [3.63, 3.8) is 0 Å². The largest absolute Gasteiger partial charge is 0.236 e. The predicted octanol–water partition coefficient (Wildman–Crippen LogP) is 7.98. The minimum absolute atomic E-state index is 0.454. The number of thiazole rings is 1. The molecule has 4 aromatic rings. The summed E-state index contributed by atoms with van der Waals surface area (Å²) in [5, 5.41) is 13.4. The second-order valence-electron chi connectivity index (χ2n) is 6.05. The van der Waals surface area contributed by atoms with Crippen LogP contribution in [-0.4, -0.2) is 4.98 Å². The van der Waals surface area contributed by atoms with Gasteiger partial charge in [-0.05, 0) is 35.4 Å². The molecular formula is C22H11Cl3N2S. The van der Waals surface area contributed by atoms with Crippen LogP contribution in [0, 0.1) is 11.3 Å². The van der Waals surface area contributed by atoms with Crippen molar-refractivity contribution < 1.29 is 0 Å². The fourth-order valence-electron chi connectivity index (χ4n) is 2.78. The van der Waals surface area contributed by atoms with E-state index in [0.29, 0.717) is 20.6 Å². The lowest BCUT2D eigenvalue weighted by Gasteiger charge is -2.05. The van der Waals surface area contributed by atoms with Crippen molar-refractivity contribution in [2.75, 3.05) is 0 Å². The molecule has 0 aliphatic heterocycles. The molecule has 0 amide bonds. The molecular weight excluding hydrogens is 431 g/mol. The van der Waals surface area contributed by atoms with Gasteiger partial charge in [-0.2, -0.15) is 5.26 Å². The molecule has 3 aromatic carbocycles. The first kappa shape index (κ1) is 19.0. The molecule has 0 bridgehead atoms. The SMILES string of the molecule is N#Cc1ccc(-c2ccc(-c3nc(-c4ccc(Cl)c(Cl)c4)cs3)cc2)cc1Cl. The average Bonchev–Trinajstić information content (AvgIpc) is 3.20. The van der Waals surface area contributed by atoms with Crippen LogP contribution in [0.2, 0.25) is 15.1 Å². The molecule has 2 nitrogen and oxygen atoms in total. The third kappa shape index (κ3) is 3.78. The van der Waals surface area contributed by atoms with Gasteiger partial charge in [-0.25, -0.2) is 4.98 Å². The highest BCUT2D eigenvalue weighted by atomic mass is 35.5. The Morgan fingerprint density at radius 3 is 2.04 bits per heavy atom. The van der Waals surface area contributed by atoms with E-state index in [2.05, 4.69) is 6.07 Å². The maximum atomic E-state index is 9.00. The van der Waals surface area contributed by atoms with Crippen molar-refractivity contribution in [3.8, 4) is 39.0 Å². The van der Waals surface area contributed by atoms with Crippen LogP contribution < -0.4 is 0 Å². The summed E-state index contributed by atoms with van der Waals surface area (Å²) >= 11 is 19.8. The van der Waals surface area contributed by atoms with E-state index < -0.39 is 0 Å². The first-order chi connectivity index (χ1) is 13.5. The van der Waals surface area contributed by atoms with Crippen LogP contribution in [0.4, 0.5) is 0 Å². The van der Waals surface area contributed by atoms with Gasteiger partial charge in [0.1, 0.15) is 11.1 Å². The number of halogens is 3. The summed E-state index contributed by atoms with van der Waals surface area (Å²) in [4.78, 5) is 4.72. The molecule has 0 aliphatic rings. The zero-order chi connectivity index (χ0) is 19.7. The number of rotatable bonds is 3. The maximum Gasteiger partial charge on any atom is 0.124 e. The molecule has 0 radical (unpaired) electrons. The van der Waals surface area contributed by atoms with Gasteiger partial charge in [0.15, 0.2) is 0 Å². The molecule has 4 rings (SSSR count). The van der Waals surface area contributed by atoms with E-state index in [-0.39, 0.29) is 0 Å². The van der Waals surface area contributed by atoms with Crippen molar-refractivity contribution in [1.82, 2.24) is 4.98 Å². The van der Waals surface area contributed by atoms with E-state index in [0.717, 1.165) is 33.0 Å². The van der Waals surface area contributed by atoms with E-state index in [4.69, 9.17) is 45.0 Å². The normalized spacial score (nSPS) is 10.6. The summed E-state index contributed by atoms with van der Waals surface area (Å²) in [6.45, 7) is 0. The Labute approximate surface area is 181 Å². The summed E-state index contributed by atoms with van der Waals surface area (Å²) in [5.41, 5.74) is 5.28. The topological polar surface area (TPSA) is 36.7 Å². The summed E-state index contributed by atoms with van der Waals surface area (Å²) in [5.74, 6) is 0. The lowest BCUT2D eigenvalue weighted by atomic mass is 10.0. The zero-order valence-corrected chi connectivity index (χ0v) is 17.4. The standard InChI is InChI=1S/C22H11Cl3N2S/c23-18-8-7-16(10-20(18)25)21-12-28-22(27-21)14-3-1-13(2-4-14)15-5-6-17(11-26)19(24)9-15/h1-10,12H. The van der Waals surface area contributed by atoms with Gasteiger partial charge < -0.3 is 0 Å². The Morgan fingerprint density at radius 2 is 1.36 bits per heavy atom. The number of hydrogen-bond acceptors (Lipinski definition) is 3. The Bertz CT molecular complexity index is 1210.